The van der Waals surface area contributed by atoms with Crippen LogP contribution in [0.1, 0.15) is 36.2 Å². The van der Waals surface area contributed by atoms with E-state index in [1.54, 1.807) is 0 Å². The Hall–Kier alpha value is -2.19. The highest BCUT2D eigenvalue weighted by molar-refractivity contribution is 7.79. The van der Waals surface area contributed by atoms with Crippen LogP contribution in [0.5, 0.6) is 0 Å². The molecule has 2 aromatic carbocycles. The van der Waals surface area contributed by atoms with E-state index in [2.05, 4.69) is 71.8 Å². The van der Waals surface area contributed by atoms with Gasteiger partial charge in [0.05, 0.1) is 0 Å². The number of para-hydroxylation sites is 1. The molecule has 0 fully saturated rings. The molecule has 1 heterocycles. The smallest absolute Gasteiger partial charge is 0.358 e. The Bertz CT molecular complexity index is 991. The van der Waals surface area contributed by atoms with Crippen LogP contribution in [-0.2, 0) is 23.2 Å². The van der Waals surface area contributed by atoms with Gasteiger partial charge in [0.2, 0.25) is 0 Å². The molecule has 1 aliphatic rings. The minimum Gasteiger partial charge on any atom is -0.358 e. The number of benzene rings is 2. The second-order valence-electron chi connectivity index (χ2n) is 6.81. The lowest BCUT2D eigenvalue weighted by Crippen LogP contribution is -2.36. The first-order chi connectivity index (χ1) is 12.8. The number of aromatic nitrogens is 1. The van der Waals surface area contributed by atoms with Crippen molar-refractivity contribution in [3.63, 3.8) is 0 Å². The molecule has 0 unspecified atom stereocenters. The highest BCUT2D eigenvalue weighted by atomic mass is 32.3. The van der Waals surface area contributed by atoms with E-state index in [0.29, 0.717) is 12.1 Å². The third-order valence-electron chi connectivity index (χ3n) is 4.88. The fraction of sp³-hybridized carbons (Fsp3) is 0.300. The summed E-state index contributed by atoms with van der Waals surface area (Å²) in [5, 5.41) is 5.22. The van der Waals surface area contributed by atoms with Crippen molar-refractivity contribution in [2.45, 2.75) is 38.3 Å². The van der Waals surface area contributed by atoms with Gasteiger partial charge in [0.1, 0.15) is 0 Å². The first-order valence-corrected chi connectivity index (χ1v) is 10.3. The second kappa shape index (κ2) is 8.22. The molecule has 4 N–H and O–H groups in total. The summed E-state index contributed by atoms with van der Waals surface area (Å²) in [6.07, 6.45) is 3.47. The van der Waals surface area contributed by atoms with Gasteiger partial charge in [-0.1, -0.05) is 48.5 Å². The minimum atomic E-state index is -4.67. The number of hydrogen-bond donors (Lipinski definition) is 4. The SMILES string of the molecule is C[C@H](N[C@@H]1CCc2[nH]c3ccccc3c2C1)c1ccccc1.O=S(=O)(O)O. The zero-order valence-corrected chi connectivity index (χ0v) is 15.9. The highest BCUT2D eigenvalue weighted by Gasteiger charge is 2.23. The van der Waals surface area contributed by atoms with Crippen LogP contribution in [0.2, 0.25) is 0 Å². The highest BCUT2D eigenvalue weighted by Crippen LogP contribution is 2.30. The molecule has 6 nitrogen and oxygen atoms in total. The Morgan fingerprint density at radius 1 is 1.07 bits per heavy atom. The Balaban J connectivity index is 0.000000376. The monoisotopic (exact) mass is 388 g/mol. The Morgan fingerprint density at radius 2 is 1.70 bits per heavy atom. The van der Waals surface area contributed by atoms with Crippen molar-refractivity contribution in [2.24, 2.45) is 0 Å². The summed E-state index contributed by atoms with van der Waals surface area (Å²) in [6, 6.07) is 20.4. The molecule has 0 bridgehead atoms. The number of rotatable bonds is 3. The normalized spacial score (nSPS) is 17.7. The average molecular weight is 388 g/mol. The molecule has 1 aromatic heterocycles. The number of H-pyrrole nitrogens is 1. The van der Waals surface area contributed by atoms with Crippen LogP contribution in [0, 0.1) is 0 Å². The number of fused-ring (bicyclic) bond motifs is 3. The van der Waals surface area contributed by atoms with Crippen LogP contribution in [0.3, 0.4) is 0 Å². The molecular formula is C20H24N2O4S. The Kier molecular flexibility index (Phi) is 5.96. The molecule has 1 aliphatic carbocycles. The molecular weight excluding hydrogens is 364 g/mol. The number of hydrogen-bond acceptors (Lipinski definition) is 3. The van der Waals surface area contributed by atoms with Gasteiger partial charge in [0.25, 0.3) is 0 Å². The van der Waals surface area contributed by atoms with Crippen molar-refractivity contribution in [1.82, 2.24) is 10.3 Å². The average Bonchev–Trinajstić information content (AvgIpc) is 2.99. The molecule has 2 atom stereocenters. The summed E-state index contributed by atoms with van der Waals surface area (Å²) in [5.74, 6) is 0. The van der Waals surface area contributed by atoms with E-state index in [1.165, 1.54) is 34.1 Å². The summed E-state index contributed by atoms with van der Waals surface area (Å²) in [6.45, 7) is 2.26. The van der Waals surface area contributed by atoms with Crippen molar-refractivity contribution in [1.29, 1.82) is 0 Å². The Morgan fingerprint density at radius 3 is 2.41 bits per heavy atom. The minimum absolute atomic E-state index is 0.401. The van der Waals surface area contributed by atoms with E-state index in [0.717, 1.165) is 12.8 Å². The van der Waals surface area contributed by atoms with Crippen molar-refractivity contribution in [3.8, 4) is 0 Å². The largest absolute Gasteiger partial charge is 0.394 e. The zero-order chi connectivity index (χ0) is 19.4. The lowest BCUT2D eigenvalue weighted by molar-refractivity contribution is 0.381. The Labute approximate surface area is 159 Å². The molecule has 27 heavy (non-hydrogen) atoms. The predicted octanol–water partition coefficient (Wildman–Crippen LogP) is 3.72. The van der Waals surface area contributed by atoms with Gasteiger partial charge in [0, 0.05) is 28.7 Å². The first kappa shape index (κ1) is 19.6. The number of aryl methyl sites for hydroxylation is 1. The molecule has 0 saturated carbocycles. The summed E-state index contributed by atoms with van der Waals surface area (Å²) >= 11 is 0. The van der Waals surface area contributed by atoms with Crippen molar-refractivity contribution in [3.05, 3.63) is 71.4 Å². The first-order valence-electron chi connectivity index (χ1n) is 8.90. The van der Waals surface area contributed by atoms with E-state index >= 15 is 0 Å². The molecule has 7 heteroatoms. The quantitative estimate of drug-likeness (QED) is 0.512. The lowest BCUT2D eigenvalue weighted by Gasteiger charge is -2.27. The number of nitrogens with one attached hydrogen (secondary N) is 2. The van der Waals surface area contributed by atoms with Crippen LogP contribution in [0.25, 0.3) is 10.9 Å². The van der Waals surface area contributed by atoms with E-state index in [4.69, 9.17) is 17.5 Å². The summed E-state index contributed by atoms with van der Waals surface area (Å²) in [5.41, 5.74) is 5.60. The van der Waals surface area contributed by atoms with Gasteiger partial charge < -0.3 is 10.3 Å². The fourth-order valence-corrected chi connectivity index (χ4v) is 3.70. The van der Waals surface area contributed by atoms with Crippen LogP contribution in [0.4, 0.5) is 0 Å². The third-order valence-corrected chi connectivity index (χ3v) is 4.88. The van der Waals surface area contributed by atoms with E-state index in [1.807, 2.05) is 0 Å². The molecule has 144 valence electrons. The van der Waals surface area contributed by atoms with Gasteiger partial charge in [-0.15, -0.1) is 0 Å². The number of aromatic amines is 1. The molecule has 4 rings (SSSR count). The molecule has 0 spiro atoms. The van der Waals surface area contributed by atoms with Gasteiger partial charge in [-0.3, -0.25) is 9.11 Å². The van der Waals surface area contributed by atoms with E-state index in [-0.39, 0.29) is 0 Å². The van der Waals surface area contributed by atoms with E-state index in [9.17, 15) is 0 Å². The molecule has 0 aliphatic heterocycles. The third kappa shape index (κ3) is 5.40. The van der Waals surface area contributed by atoms with Gasteiger partial charge in [-0.2, -0.15) is 8.42 Å². The fourth-order valence-electron chi connectivity index (χ4n) is 3.70. The molecule has 3 aromatic rings. The maximum Gasteiger partial charge on any atom is 0.394 e. The van der Waals surface area contributed by atoms with Crippen LogP contribution in [0.15, 0.2) is 54.6 Å². The molecule has 0 amide bonds. The topological polar surface area (TPSA) is 102 Å². The lowest BCUT2D eigenvalue weighted by atomic mass is 9.90. The zero-order valence-electron chi connectivity index (χ0n) is 15.1. The van der Waals surface area contributed by atoms with Crippen LogP contribution >= 0.6 is 0 Å². The molecule has 0 radical (unpaired) electrons. The van der Waals surface area contributed by atoms with Gasteiger partial charge in [-0.25, -0.2) is 0 Å². The predicted molar refractivity (Wildman–Crippen MR) is 106 cm³/mol. The van der Waals surface area contributed by atoms with Crippen LogP contribution in [-0.4, -0.2) is 28.5 Å². The van der Waals surface area contributed by atoms with Crippen LogP contribution < -0.4 is 5.32 Å². The summed E-state index contributed by atoms with van der Waals surface area (Å²) in [4.78, 5) is 3.59. The van der Waals surface area contributed by atoms with Crippen molar-refractivity contribution >= 4 is 21.3 Å². The molecule has 0 saturated heterocycles. The van der Waals surface area contributed by atoms with Gasteiger partial charge >= 0.3 is 10.4 Å². The van der Waals surface area contributed by atoms with Crippen molar-refractivity contribution in [2.75, 3.05) is 0 Å². The summed E-state index contributed by atoms with van der Waals surface area (Å²) in [7, 11) is -4.67. The van der Waals surface area contributed by atoms with Crippen molar-refractivity contribution < 1.29 is 17.5 Å². The van der Waals surface area contributed by atoms with E-state index < -0.39 is 10.4 Å². The maximum absolute atomic E-state index is 8.74. The maximum atomic E-state index is 8.74. The standard InChI is InChI=1S/C20H22N2.H2O4S/c1-14(15-7-3-2-4-8-15)21-16-11-12-20-18(13-16)17-9-5-6-10-19(17)22-20;1-5(2,3)4/h2-10,14,16,21-22H,11-13H2,1H3;(H2,1,2,3,4)/t14-,16+;/m0./s1. The van der Waals surface area contributed by atoms with Gasteiger partial charge in [-0.05, 0) is 43.4 Å². The second-order valence-corrected chi connectivity index (χ2v) is 7.71. The summed E-state index contributed by atoms with van der Waals surface area (Å²) < 4.78 is 31.6. The van der Waals surface area contributed by atoms with Gasteiger partial charge in [0.15, 0.2) is 0 Å².